The first kappa shape index (κ1) is 15.4. The first-order valence-corrected chi connectivity index (χ1v) is 6.89. The van der Waals surface area contributed by atoms with E-state index in [0.717, 1.165) is 31.0 Å². The second-order valence-corrected chi connectivity index (χ2v) is 5.44. The van der Waals surface area contributed by atoms with Crippen molar-refractivity contribution in [2.24, 2.45) is 11.7 Å². The number of benzene rings is 1. The van der Waals surface area contributed by atoms with E-state index >= 15 is 0 Å². The van der Waals surface area contributed by atoms with E-state index in [1.54, 1.807) is 0 Å². The maximum Gasteiger partial charge on any atom is 0.282 e. The molecule has 0 aromatic heterocycles. The number of amides is 1. The molecule has 0 bridgehead atoms. The van der Waals surface area contributed by atoms with Crippen molar-refractivity contribution in [1.82, 2.24) is 4.90 Å². The molecule has 1 aromatic carbocycles. The topological polar surface area (TPSA) is 89.5 Å². The summed E-state index contributed by atoms with van der Waals surface area (Å²) in [4.78, 5) is 24.4. The van der Waals surface area contributed by atoms with Gasteiger partial charge in [-0.25, -0.2) is 4.39 Å². The summed E-state index contributed by atoms with van der Waals surface area (Å²) in [6.07, 6.45) is 1.57. The zero-order valence-electron chi connectivity index (χ0n) is 11.8. The average molecular weight is 295 g/mol. The molecule has 1 heterocycles. The van der Waals surface area contributed by atoms with Crippen LogP contribution >= 0.6 is 0 Å². The predicted octanol–water partition coefficient (Wildman–Crippen LogP) is 1.93. The zero-order valence-corrected chi connectivity index (χ0v) is 11.8. The number of carbonyl (C=O) groups excluding carboxylic acids is 1. The first-order valence-electron chi connectivity index (χ1n) is 6.89. The molecule has 0 saturated carbocycles. The van der Waals surface area contributed by atoms with Crippen LogP contribution in [0.1, 0.15) is 30.1 Å². The van der Waals surface area contributed by atoms with Crippen molar-refractivity contribution in [3.63, 3.8) is 0 Å². The summed E-state index contributed by atoms with van der Waals surface area (Å²) in [5, 5.41) is 11.0. The third-order valence-electron chi connectivity index (χ3n) is 3.90. The van der Waals surface area contributed by atoms with Crippen LogP contribution in [-0.2, 0) is 0 Å². The minimum atomic E-state index is -0.670. The van der Waals surface area contributed by atoms with Gasteiger partial charge in [0.25, 0.3) is 11.6 Å². The van der Waals surface area contributed by atoms with Crippen molar-refractivity contribution < 1.29 is 14.1 Å². The molecule has 6 nitrogen and oxygen atoms in total. The maximum absolute atomic E-state index is 13.4. The number of carbonyl (C=O) groups is 1. The molecule has 1 aliphatic heterocycles. The van der Waals surface area contributed by atoms with Crippen LogP contribution in [0.15, 0.2) is 18.2 Å². The molecular weight excluding hydrogens is 277 g/mol. The third-order valence-corrected chi connectivity index (χ3v) is 3.90. The molecule has 1 aromatic rings. The largest absolute Gasteiger partial charge is 0.334 e. The van der Waals surface area contributed by atoms with Crippen molar-refractivity contribution in [2.75, 3.05) is 13.1 Å². The average Bonchev–Trinajstić information content (AvgIpc) is 2.45. The Morgan fingerprint density at radius 3 is 2.90 bits per heavy atom. The SMILES string of the molecule is CC1CCN(C(=O)c2cc(F)ccc2[N+](=O)[O-])C(CN)C1. The van der Waals surface area contributed by atoms with Gasteiger partial charge in [-0.15, -0.1) is 0 Å². The van der Waals surface area contributed by atoms with Crippen LogP contribution in [0.3, 0.4) is 0 Å². The molecule has 0 aliphatic carbocycles. The van der Waals surface area contributed by atoms with E-state index in [-0.39, 0.29) is 17.3 Å². The Balaban J connectivity index is 2.35. The van der Waals surface area contributed by atoms with Gasteiger partial charge in [0.1, 0.15) is 11.4 Å². The van der Waals surface area contributed by atoms with E-state index in [4.69, 9.17) is 5.73 Å². The van der Waals surface area contributed by atoms with Gasteiger partial charge in [-0.05, 0) is 30.9 Å². The Bertz CT molecular complexity index is 564. The summed E-state index contributed by atoms with van der Waals surface area (Å²) in [5.41, 5.74) is 5.10. The monoisotopic (exact) mass is 295 g/mol. The second kappa shape index (κ2) is 6.17. The van der Waals surface area contributed by atoms with E-state index < -0.39 is 16.6 Å². The molecular formula is C14H18FN3O3. The van der Waals surface area contributed by atoms with Crippen LogP contribution in [0, 0.1) is 21.8 Å². The molecule has 1 saturated heterocycles. The van der Waals surface area contributed by atoms with Crippen LogP contribution in [0.2, 0.25) is 0 Å². The number of halogens is 1. The number of rotatable bonds is 3. The van der Waals surface area contributed by atoms with Crippen molar-refractivity contribution >= 4 is 11.6 Å². The van der Waals surface area contributed by atoms with E-state index in [0.29, 0.717) is 19.0 Å². The lowest BCUT2D eigenvalue weighted by molar-refractivity contribution is -0.385. The van der Waals surface area contributed by atoms with Crippen LogP contribution < -0.4 is 5.73 Å². The zero-order chi connectivity index (χ0) is 15.6. The Morgan fingerprint density at radius 2 is 2.29 bits per heavy atom. The van der Waals surface area contributed by atoms with Crippen LogP contribution in [-0.4, -0.2) is 34.9 Å². The van der Waals surface area contributed by atoms with E-state index in [1.165, 1.54) is 4.90 Å². The van der Waals surface area contributed by atoms with Gasteiger partial charge in [-0.2, -0.15) is 0 Å². The number of likely N-dealkylation sites (tertiary alicyclic amines) is 1. The van der Waals surface area contributed by atoms with Crippen LogP contribution in [0.4, 0.5) is 10.1 Å². The second-order valence-electron chi connectivity index (χ2n) is 5.44. The fourth-order valence-electron chi connectivity index (χ4n) is 2.74. The molecule has 0 spiro atoms. The number of nitrogens with two attached hydrogens (primary N) is 1. The highest BCUT2D eigenvalue weighted by Crippen LogP contribution is 2.27. The lowest BCUT2D eigenvalue weighted by Crippen LogP contribution is -2.49. The summed E-state index contributed by atoms with van der Waals surface area (Å²) in [6.45, 7) is 2.85. The number of hydrogen-bond acceptors (Lipinski definition) is 4. The highest BCUT2D eigenvalue weighted by Gasteiger charge is 2.32. The number of nitro benzene ring substituents is 1. The van der Waals surface area contributed by atoms with Crippen LogP contribution in [0.5, 0.6) is 0 Å². The molecule has 7 heteroatoms. The van der Waals surface area contributed by atoms with Gasteiger partial charge < -0.3 is 10.6 Å². The van der Waals surface area contributed by atoms with Crippen molar-refractivity contribution in [3.05, 3.63) is 39.7 Å². The molecule has 1 aliphatic rings. The first-order chi connectivity index (χ1) is 9.93. The summed E-state index contributed by atoms with van der Waals surface area (Å²) in [5.74, 6) is -0.743. The Labute approximate surface area is 121 Å². The standard InChI is InChI=1S/C14H18FN3O3/c1-9-4-5-17(11(6-9)8-16)14(19)12-7-10(15)2-3-13(12)18(20)21/h2-3,7,9,11H,4-6,8,16H2,1H3. The fourth-order valence-corrected chi connectivity index (χ4v) is 2.74. The van der Waals surface area contributed by atoms with Crippen molar-refractivity contribution in [2.45, 2.75) is 25.8 Å². The molecule has 0 radical (unpaired) electrons. The summed E-state index contributed by atoms with van der Waals surface area (Å²) >= 11 is 0. The quantitative estimate of drug-likeness (QED) is 0.681. The number of hydrogen-bond donors (Lipinski definition) is 1. The van der Waals surface area contributed by atoms with Crippen molar-refractivity contribution in [1.29, 1.82) is 0 Å². The minimum Gasteiger partial charge on any atom is -0.334 e. The Kier molecular flexibility index (Phi) is 4.52. The summed E-state index contributed by atoms with van der Waals surface area (Å²) in [6, 6.07) is 2.76. The highest BCUT2D eigenvalue weighted by molar-refractivity contribution is 5.98. The van der Waals surface area contributed by atoms with Gasteiger partial charge in [0, 0.05) is 25.2 Å². The molecule has 2 rings (SSSR count). The van der Waals surface area contributed by atoms with Gasteiger partial charge in [0.05, 0.1) is 4.92 Å². The molecule has 2 atom stereocenters. The Hall–Kier alpha value is -2.02. The Morgan fingerprint density at radius 1 is 1.57 bits per heavy atom. The van der Waals surface area contributed by atoms with Gasteiger partial charge >= 0.3 is 0 Å². The molecule has 1 fully saturated rings. The number of nitrogens with zero attached hydrogens (tertiary/aromatic N) is 2. The lowest BCUT2D eigenvalue weighted by Gasteiger charge is -2.37. The third kappa shape index (κ3) is 3.18. The van der Waals surface area contributed by atoms with Gasteiger partial charge in [0.15, 0.2) is 0 Å². The molecule has 2 N–H and O–H groups in total. The van der Waals surface area contributed by atoms with Gasteiger partial charge in [0.2, 0.25) is 0 Å². The summed E-state index contributed by atoms with van der Waals surface area (Å²) < 4.78 is 13.4. The van der Waals surface area contributed by atoms with E-state index in [9.17, 15) is 19.3 Å². The van der Waals surface area contributed by atoms with Crippen molar-refractivity contribution in [3.8, 4) is 0 Å². The van der Waals surface area contributed by atoms with Crippen LogP contribution in [0.25, 0.3) is 0 Å². The molecule has 114 valence electrons. The van der Waals surface area contributed by atoms with E-state index in [2.05, 4.69) is 6.92 Å². The molecule has 1 amide bonds. The summed E-state index contributed by atoms with van der Waals surface area (Å²) in [7, 11) is 0. The normalized spacial score (nSPS) is 22.1. The van der Waals surface area contributed by atoms with E-state index in [1.807, 2.05) is 0 Å². The van der Waals surface area contributed by atoms with Gasteiger partial charge in [-0.1, -0.05) is 6.92 Å². The molecule has 2 unspecified atom stereocenters. The lowest BCUT2D eigenvalue weighted by atomic mass is 9.91. The highest BCUT2D eigenvalue weighted by atomic mass is 19.1. The molecule has 21 heavy (non-hydrogen) atoms. The van der Waals surface area contributed by atoms with Gasteiger partial charge in [-0.3, -0.25) is 14.9 Å². The maximum atomic E-state index is 13.4. The smallest absolute Gasteiger partial charge is 0.282 e. The minimum absolute atomic E-state index is 0.163. The predicted molar refractivity (Wildman–Crippen MR) is 75.3 cm³/mol. The fraction of sp³-hybridized carbons (Fsp3) is 0.500. The number of piperidine rings is 1. The number of nitro groups is 1.